The number of amides is 3. The summed E-state index contributed by atoms with van der Waals surface area (Å²) >= 11 is 1.20. The zero-order valence-electron chi connectivity index (χ0n) is 15.0. The van der Waals surface area contributed by atoms with Crippen molar-refractivity contribution in [3.8, 4) is 0 Å². The Morgan fingerprint density at radius 2 is 1.70 bits per heavy atom. The van der Waals surface area contributed by atoms with E-state index in [1.165, 1.54) is 11.3 Å². The molecular formula is C20H20N4O2S. The van der Waals surface area contributed by atoms with E-state index in [4.69, 9.17) is 0 Å². The predicted octanol–water partition coefficient (Wildman–Crippen LogP) is 4.59. The van der Waals surface area contributed by atoms with Gasteiger partial charge in [-0.15, -0.1) is 11.3 Å². The monoisotopic (exact) mass is 380 g/mol. The van der Waals surface area contributed by atoms with Crippen LogP contribution in [-0.2, 0) is 0 Å². The summed E-state index contributed by atoms with van der Waals surface area (Å²) < 4.78 is 0. The van der Waals surface area contributed by atoms with Crippen LogP contribution >= 0.6 is 11.3 Å². The molecular weight excluding hydrogens is 360 g/mol. The van der Waals surface area contributed by atoms with Crippen molar-refractivity contribution in [2.45, 2.75) is 19.9 Å². The lowest BCUT2D eigenvalue weighted by molar-refractivity contribution is 0.0935. The Hall–Kier alpha value is -3.19. The highest BCUT2D eigenvalue weighted by molar-refractivity contribution is 7.14. The summed E-state index contributed by atoms with van der Waals surface area (Å²) in [5, 5.41) is 10.2. The number of carbonyl (C=O) groups excluding carboxylic acids is 2. The van der Waals surface area contributed by atoms with E-state index in [2.05, 4.69) is 20.9 Å². The van der Waals surface area contributed by atoms with Crippen molar-refractivity contribution < 1.29 is 9.59 Å². The molecule has 0 bridgehead atoms. The zero-order chi connectivity index (χ0) is 19.2. The van der Waals surface area contributed by atoms with Gasteiger partial charge in [0.2, 0.25) is 0 Å². The third-order valence-electron chi connectivity index (χ3n) is 3.91. The molecule has 0 fully saturated rings. The highest BCUT2D eigenvalue weighted by atomic mass is 32.1. The fourth-order valence-corrected chi connectivity index (χ4v) is 3.11. The van der Waals surface area contributed by atoms with Crippen molar-refractivity contribution in [2.75, 3.05) is 10.6 Å². The second kappa shape index (κ2) is 8.46. The quantitative estimate of drug-likeness (QED) is 0.605. The van der Waals surface area contributed by atoms with Crippen LogP contribution in [0.5, 0.6) is 0 Å². The van der Waals surface area contributed by atoms with Crippen LogP contribution in [-0.4, -0.2) is 16.9 Å². The number of aromatic nitrogens is 1. The summed E-state index contributed by atoms with van der Waals surface area (Å²) in [5.74, 6) is -0.283. The first kappa shape index (κ1) is 18.6. The van der Waals surface area contributed by atoms with E-state index >= 15 is 0 Å². The molecule has 0 aliphatic rings. The van der Waals surface area contributed by atoms with Gasteiger partial charge in [0.05, 0.1) is 6.04 Å². The molecule has 0 spiro atoms. The summed E-state index contributed by atoms with van der Waals surface area (Å²) in [6.07, 6.45) is 0. The summed E-state index contributed by atoms with van der Waals surface area (Å²) in [7, 11) is 0. The molecule has 1 atom stereocenters. The van der Waals surface area contributed by atoms with Crippen LogP contribution in [0.15, 0.2) is 60.0 Å². The molecule has 138 valence electrons. The van der Waals surface area contributed by atoms with Gasteiger partial charge < -0.3 is 10.6 Å². The molecule has 3 rings (SSSR count). The molecule has 0 unspecified atom stereocenters. The summed E-state index contributed by atoms with van der Waals surface area (Å²) in [4.78, 5) is 28.6. The highest BCUT2D eigenvalue weighted by Crippen LogP contribution is 2.18. The number of benzene rings is 2. The van der Waals surface area contributed by atoms with Gasteiger partial charge in [0.15, 0.2) is 5.13 Å². The molecule has 7 heteroatoms. The lowest BCUT2D eigenvalue weighted by Gasteiger charge is -2.13. The Kier molecular flexibility index (Phi) is 5.83. The lowest BCUT2D eigenvalue weighted by atomic mass is 10.1. The molecule has 0 aliphatic heterocycles. The maximum atomic E-state index is 12.4. The number of anilines is 2. The maximum Gasteiger partial charge on any atom is 0.325 e. The number of nitrogens with zero attached hydrogens (tertiary/aromatic N) is 1. The molecule has 3 amide bonds. The van der Waals surface area contributed by atoms with Crippen molar-refractivity contribution in [1.82, 2.24) is 10.3 Å². The van der Waals surface area contributed by atoms with Crippen LogP contribution in [0.1, 0.15) is 34.6 Å². The Bertz CT molecular complexity index is 923. The fraction of sp³-hybridized carbons (Fsp3) is 0.150. The van der Waals surface area contributed by atoms with Gasteiger partial charge in [0.1, 0.15) is 5.69 Å². The number of hydrogen-bond donors (Lipinski definition) is 3. The number of urea groups is 1. The SMILES string of the molecule is Cc1ccc(NC(=O)Nc2nc(C(=O)N[C@H](C)c3ccccc3)cs2)cc1. The molecule has 0 saturated heterocycles. The molecule has 6 nitrogen and oxygen atoms in total. The molecule has 0 radical (unpaired) electrons. The first-order chi connectivity index (χ1) is 13.0. The fourth-order valence-electron chi connectivity index (χ4n) is 2.43. The Balaban J connectivity index is 1.56. The van der Waals surface area contributed by atoms with E-state index in [1.807, 2.05) is 68.4 Å². The summed E-state index contributed by atoms with van der Waals surface area (Å²) in [6.45, 7) is 3.89. The predicted molar refractivity (Wildman–Crippen MR) is 108 cm³/mol. The van der Waals surface area contributed by atoms with Crippen molar-refractivity contribution >= 4 is 34.1 Å². The molecule has 3 N–H and O–H groups in total. The number of nitrogens with one attached hydrogen (secondary N) is 3. The molecule has 1 heterocycles. The van der Waals surface area contributed by atoms with E-state index in [9.17, 15) is 9.59 Å². The van der Waals surface area contributed by atoms with E-state index < -0.39 is 6.03 Å². The Morgan fingerprint density at radius 3 is 2.41 bits per heavy atom. The van der Waals surface area contributed by atoms with E-state index in [0.29, 0.717) is 10.8 Å². The van der Waals surface area contributed by atoms with Gasteiger partial charge in [0, 0.05) is 11.1 Å². The second-order valence-electron chi connectivity index (χ2n) is 6.09. The molecule has 27 heavy (non-hydrogen) atoms. The third kappa shape index (κ3) is 5.15. The molecule has 1 aromatic heterocycles. The average molecular weight is 380 g/mol. The normalized spacial score (nSPS) is 11.5. The van der Waals surface area contributed by atoms with Crippen LogP contribution in [0, 0.1) is 6.92 Å². The maximum absolute atomic E-state index is 12.4. The molecule has 0 saturated carbocycles. The topological polar surface area (TPSA) is 83.1 Å². The van der Waals surface area contributed by atoms with E-state index in [1.54, 1.807) is 5.38 Å². The molecule has 3 aromatic rings. The van der Waals surface area contributed by atoms with Gasteiger partial charge in [-0.2, -0.15) is 0 Å². The van der Waals surface area contributed by atoms with Gasteiger partial charge in [-0.25, -0.2) is 9.78 Å². The van der Waals surface area contributed by atoms with E-state index in [0.717, 1.165) is 11.1 Å². The van der Waals surface area contributed by atoms with Gasteiger partial charge in [-0.05, 0) is 31.5 Å². The van der Waals surface area contributed by atoms with Gasteiger partial charge in [-0.1, -0.05) is 48.0 Å². The van der Waals surface area contributed by atoms with Gasteiger partial charge in [-0.3, -0.25) is 10.1 Å². The van der Waals surface area contributed by atoms with Crippen molar-refractivity contribution in [2.24, 2.45) is 0 Å². The average Bonchev–Trinajstić information content (AvgIpc) is 3.13. The van der Waals surface area contributed by atoms with Crippen molar-refractivity contribution in [1.29, 1.82) is 0 Å². The van der Waals surface area contributed by atoms with Crippen molar-refractivity contribution in [3.63, 3.8) is 0 Å². The molecule has 2 aromatic carbocycles. The Labute approximate surface area is 161 Å². The zero-order valence-corrected chi connectivity index (χ0v) is 15.8. The number of thiazole rings is 1. The number of hydrogen-bond acceptors (Lipinski definition) is 4. The van der Waals surface area contributed by atoms with Crippen LogP contribution in [0.3, 0.4) is 0 Å². The third-order valence-corrected chi connectivity index (χ3v) is 4.67. The van der Waals surface area contributed by atoms with Crippen LogP contribution in [0.25, 0.3) is 0 Å². The van der Waals surface area contributed by atoms with Crippen molar-refractivity contribution in [3.05, 3.63) is 76.8 Å². The van der Waals surface area contributed by atoms with E-state index in [-0.39, 0.29) is 17.6 Å². The minimum atomic E-state index is -0.405. The first-order valence-electron chi connectivity index (χ1n) is 8.47. The number of aryl methyl sites for hydroxylation is 1. The number of carbonyl (C=O) groups is 2. The van der Waals surface area contributed by atoms with Gasteiger partial charge in [0.25, 0.3) is 5.91 Å². The summed E-state index contributed by atoms with van der Waals surface area (Å²) in [6, 6.07) is 16.6. The van der Waals surface area contributed by atoms with Gasteiger partial charge >= 0.3 is 6.03 Å². The standard InChI is InChI=1S/C20H20N4O2S/c1-13-8-10-16(11-9-13)22-19(26)24-20-23-17(12-27-20)18(25)21-14(2)15-6-4-3-5-7-15/h3-12,14H,1-2H3,(H,21,25)(H2,22,23,24,26)/t14-/m1/s1. The highest BCUT2D eigenvalue weighted by Gasteiger charge is 2.15. The smallest absolute Gasteiger partial charge is 0.325 e. The second-order valence-corrected chi connectivity index (χ2v) is 6.95. The lowest BCUT2D eigenvalue weighted by Crippen LogP contribution is -2.27. The van der Waals surface area contributed by atoms with Crippen LogP contribution in [0.4, 0.5) is 15.6 Å². The van der Waals surface area contributed by atoms with Crippen LogP contribution < -0.4 is 16.0 Å². The van der Waals surface area contributed by atoms with Crippen LogP contribution in [0.2, 0.25) is 0 Å². The minimum absolute atomic E-state index is 0.137. The summed E-state index contributed by atoms with van der Waals surface area (Å²) in [5.41, 5.74) is 3.08. The number of rotatable bonds is 5. The molecule has 0 aliphatic carbocycles. The minimum Gasteiger partial charge on any atom is -0.344 e. The Morgan fingerprint density at radius 1 is 1.00 bits per heavy atom. The largest absolute Gasteiger partial charge is 0.344 e. The first-order valence-corrected chi connectivity index (χ1v) is 9.35.